The van der Waals surface area contributed by atoms with Gasteiger partial charge in [-0.3, -0.25) is 5.10 Å². The molecule has 66 valence electrons. The number of hydrogen-bond donors (Lipinski definition) is 2. The van der Waals surface area contributed by atoms with E-state index in [9.17, 15) is 0 Å². The molecular formula is C9H15N3. The number of nitrogens with one attached hydrogen (secondary N) is 1. The molecule has 0 spiro atoms. The summed E-state index contributed by atoms with van der Waals surface area (Å²) in [5.74, 6) is 0.727. The van der Waals surface area contributed by atoms with Gasteiger partial charge in [0.05, 0.1) is 11.9 Å². The molecule has 1 aliphatic carbocycles. The molecule has 1 aliphatic rings. The van der Waals surface area contributed by atoms with E-state index in [1.165, 1.54) is 24.8 Å². The molecule has 3 heteroatoms. The molecule has 1 saturated carbocycles. The van der Waals surface area contributed by atoms with Crippen LogP contribution in [-0.2, 0) is 0 Å². The Bertz CT molecular complexity index is 260. The summed E-state index contributed by atoms with van der Waals surface area (Å²) in [7, 11) is 0. The fourth-order valence-corrected chi connectivity index (χ4v) is 1.71. The molecule has 1 unspecified atom stereocenters. The summed E-state index contributed by atoms with van der Waals surface area (Å²) in [4.78, 5) is 0. The Morgan fingerprint density at radius 3 is 2.92 bits per heavy atom. The molecule has 0 bridgehead atoms. The van der Waals surface area contributed by atoms with Crippen LogP contribution < -0.4 is 5.73 Å². The maximum Gasteiger partial charge on any atom is 0.0551 e. The third-order valence-corrected chi connectivity index (χ3v) is 2.70. The van der Waals surface area contributed by atoms with Crippen LogP contribution in [0, 0.1) is 0 Å². The van der Waals surface area contributed by atoms with Crippen molar-refractivity contribution in [2.24, 2.45) is 5.73 Å². The molecular weight excluding hydrogens is 150 g/mol. The van der Waals surface area contributed by atoms with Crippen molar-refractivity contribution in [2.45, 2.75) is 38.1 Å². The summed E-state index contributed by atoms with van der Waals surface area (Å²) in [6.45, 7) is 2.00. The summed E-state index contributed by atoms with van der Waals surface area (Å²) in [5.41, 5.74) is 8.27. The number of aromatic nitrogens is 2. The topological polar surface area (TPSA) is 54.7 Å². The lowest BCUT2D eigenvalue weighted by Crippen LogP contribution is -2.14. The van der Waals surface area contributed by atoms with Crippen LogP contribution in [0.4, 0.5) is 0 Å². The maximum absolute atomic E-state index is 5.80. The molecule has 1 aromatic rings. The van der Waals surface area contributed by atoms with E-state index in [1.807, 2.05) is 13.1 Å². The Morgan fingerprint density at radius 1 is 1.67 bits per heavy atom. The van der Waals surface area contributed by atoms with Crippen molar-refractivity contribution in [3.8, 4) is 0 Å². The molecule has 3 N–H and O–H groups in total. The highest BCUT2D eigenvalue weighted by molar-refractivity contribution is 5.25. The van der Waals surface area contributed by atoms with E-state index in [0.717, 1.165) is 11.6 Å². The summed E-state index contributed by atoms with van der Waals surface area (Å²) in [5, 5.41) is 7.02. The van der Waals surface area contributed by atoms with E-state index in [-0.39, 0.29) is 6.04 Å². The zero-order chi connectivity index (χ0) is 8.55. The zero-order valence-electron chi connectivity index (χ0n) is 7.38. The molecule has 12 heavy (non-hydrogen) atoms. The minimum Gasteiger partial charge on any atom is -0.323 e. The van der Waals surface area contributed by atoms with Crippen LogP contribution in [0.25, 0.3) is 0 Å². The van der Waals surface area contributed by atoms with Gasteiger partial charge in [-0.05, 0) is 31.2 Å². The Hall–Kier alpha value is -0.830. The summed E-state index contributed by atoms with van der Waals surface area (Å²) in [6, 6.07) is 0.0862. The molecule has 0 saturated heterocycles. The SMILES string of the molecule is CC(N)c1[nH]ncc1C1CCC1. The van der Waals surface area contributed by atoms with Crippen molar-refractivity contribution in [1.29, 1.82) is 0 Å². The third-order valence-electron chi connectivity index (χ3n) is 2.70. The lowest BCUT2D eigenvalue weighted by atomic mass is 9.79. The van der Waals surface area contributed by atoms with E-state index in [2.05, 4.69) is 10.2 Å². The molecule has 0 aliphatic heterocycles. The fourth-order valence-electron chi connectivity index (χ4n) is 1.71. The smallest absolute Gasteiger partial charge is 0.0551 e. The van der Waals surface area contributed by atoms with Crippen LogP contribution >= 0.6 is 0 Å². The second kappa shape index (κ2) is 2.90. The zero-order valence-corrected chi connectivity index (χ0v) is 7.38. The Kier molecular flexibility index (Phi) is 1.89. The predicted molar refractivity (Wildman–Crippen MR) is 47.8 cm³/mol. The Morgan fingerprint density at radius 2 is 2.42 bits per heavy atom. The largest absolute Gasteiger partial charge is 0.323 e. The van der Waals surface area contributed by atoms with Gasteiger partial charge < -0.3 is 5.73 Å². The first kappa shape index (κ1) is 7.80. The molecule has 2 rings (SSSR count). The van der Waals surface area contributed by atoms with Gasteiger partial charge in [0, 0.05) is 6.04 Å². The Balaban J connectivity index is 2.23. The lowest BCUT2D eigenvalue weighted by molar-refractivity contribution is 0.416. The Labute approximate surface area is 72.4 Å². The maximum atomic E-state index is 5.80. The number of hydrogen-bond acceptors (Lipinski definition) is 2. The number of rotatable bonds is 2. The molecule has 0 aromatic carbocycles. The number of H-pyrrole nitrogens is 1. The molecule has 1 atom stereocenters. The van der Waals surface area contributed by atoms with Gasteiger partial charge in [0.15, 0.2) is 0 Å². The van der Waals surface area contributed by atoms with E-state index in [0.29, 0.717) is 0 Å². The van der Waals surface area contributed by atoms with Crippen molar-refractivity contribution >= 4 is 0 Å². The average molecular weight is 165 g/mol. The molecule has 3 nitrogen and oxygen atoms in total. The summed E-state index contributed by atoms with van der Waals surface area (Å²) in [6.07, 6.45) is 5.90. The van der Waals surface area contributed by atoms with Gasteiger partial charge in [0.25, 0.3) is 0 Å². The van der Waals surface area contributed by atoms with Crippen LogP contribution in [-0.4, -0.2) is 10.2 Å². The minimum atomic E-state index is 0.0862. The molecule has 1 aromatic heterocycles. The monoisotopic (exact) mass is 165 g/mol. The molecule has 1 heterocycles. The van der Waals surface area contributed by atoms with Crippen molar-refractivity contribution in [3.05, 3.63) is 17.5 Å². The predicted octanol–water partition coefficient (Wildman–Crippen LogP) is 1.70. The van der Waals surface area contributed by atoms with Gasteiger partial charge in [-0.25, -0.2) is 0 Å². The van der Waals surface area contributed by atoms with Crippen molar-refractivity contribution in [1.82, 2.24) is 10.2 Å². The van der Waals surface area contributed by atoms with E-state index in [4.69, 9.17) is 5.73 Å². The van der Waals surface area contributed by atoms with Crippen LogP contribution in [0.2, 0.25) is 0 Å². The highest BCUT2D eigenvalue weighted by Gasteiger charge is 2.24. The van der Waals surface area contributed by atoms with Crippen LogP contribution in [0.15, 0.2) is 6.20 Å². The minimum absolute atomic E-state index is 0.0862. The first-order valence-electron chi connectivity index (χ1n) is 4.58. The second-order valence-corrected chi connectivity index (χ2v) is 3.66. The summed E-state index contributed by atoms with van der Waals surface area (Å²) >= 11 is 0. The van der Waals surface area contributed by atoms with Crippen LogP contribution in [0.1, 0.15) is 49.4 Å². The van der Waals surface area contributed by atoms with Crippen molar-refractivity contribution in [2.75, 3.05) is 0 Å². The van der Waals surface area contributed by atoms with E-state index in [1.54, 1.807) is 0 Å². The van der Waals surface area contributed by atoms with Gasteiger partial charge in [-0.15, -0.1) is 0 Å². The molecule has 0 radical (unpaired) electrons. The van der Waals surface area contributed by atoms with Crippen molar-refractivity contribution < 1.29 is 0 Å². The quantitative estimate of drug-likeness (QED) is 0.700. The first-order valence-corrected chi connectivity index (χ1v) is 4.58. The lowest BCUT2D eigenvalue weighted by Gasteiger charge is -2.25. The third kappa shape index (κ3) is 1.14. The van der Waals surface area contributed by atoms with Crippen LogP contribution in [0.5, 0.6) is 0 Å². The van der Waals surface area contributed by atoms with E-state index >= 15 is 0 Å². The highest BCUT2D eigenvalue weighted by atomic mass is 15.1. The highest BCUT2D eigenvalue weighted by Crippen LogP contribution is 2.38. The molecule has 0 amide bonds. The normalized spacial score (nSPS) is 20.5. The van der Waals surface area contributed by atoms with Gasteiger partial charge in [-0.1, -0.05) is 6.42 Å². The summed E-state index contributed by atoms with van der Waals surface area (Å²) < 4.78 is 0. The van der Waals surface area contributed by atoms with Gasteiger partial charge in [-0.2, -0.15) is 5.10 Å². The number of nitrogens with zero attached hydrogens (tertiary/aromatic N) is 1. The van der Waals surface area contributed by atoms with E-state index < -0.39 is 0 Å². The van der Waals surface area contributed by atoms with Gasteiger partial charge in [0.2, 0.25) is 0 Å². The standard InChI is InChI=1S/C9H15N3/c1-6(10)9-8(5-11-12-9)7-3-2-4-7/h5-7H,2-4,10H2,1H3,(H,11,12). The van der Waals surface area contributed by atoms with Crippen molar-refractivity contribution in [3.63, 3.8) is 0 Å². The van der Waals surface area contributed by atoms with Gasteiger partial charge >= 0.3 is 0 Å². The fraction of sp³-hybridized carbons (Fsp3) is 0.667. The van der Waals surface area contributed by atoms with Gasteiger partial charge in [0.1, 0.15) is 0 Å². The molecule has 1 fully saturated rings. The second-order valence-electron chi connectivity index (χ2n) is 3.66. The average Bonchev–Trinajstić information content (AvgIpc) is 2.31. The van der Waals surface area contributed by atoms with Crippen LogP contribution in [0.3, 0.4) is 0 Å². The number of aromatic amines is 1. The number of nitrogens with two attached hydrogens (primary N) is 1. The first-order chi connectivity index (χ1) is 5.79.